The average molecular weight is 219 g/mol. The van der Waals surface area contributed by atoms with Crippen LogP contribution in [-0.4, -0.2) is 36.1 Å². The Hall–Kier alpha value is -0.930. The lowest BCUT2D eigenvalue weighted by atomic mass is 10.2. The molecule has 1 N–H and O–H groups in total. The summed E-state index contributed by atoms with van der Waals surface area (Å²) in [6.45, 7) is 5.35. The van der Waals surface area contributed by atoms with Gasteiger partial charge in [0.15, 0.2) is 0 Å². The molecule has 0 aromatic carbocycles. The van der Waals surface area contributed by atoms with Crippen LogP contribution >= 0.6 is 0 Å². The third-order valence-electron chi connectivity index (χ3n) is 3.31. The van der Waals surface area contributed by atoms with Gasteiger partial charge in [0.1, 0.15) is 0 Å². The maximum atomic E-state index is 4.20. The second-order valence-corrected chi connectivity index (χ2v) is 4.78. The van der Waals surface area contributed by atoms with Crippen molar-refractivity contribution in [1.29, 1.82) is 0 Å². The summed E-state index contributed by atoms with van der Waals surface area (Å²) in [7, 11) is 2.22. The van der Waals surface area contributed by atoms with E-state index in [-0.39, 0.29) is 0 Å². The number of pyridine rings is 1. The zero-order valence-electron chi connectivity index (χ0n) is 10.2. The van der Waals surface area contributed by atoms with Gasteiger partial charge >= 0.3 is 0 Å². The molecular formula is C13H21N3. The predicted octanol–water partition coefficient (Wildman–Crippen LogP) is 1.57. The highest BCUT2D eigenvalue weighted by atomic mass is 15.2. The van der Waals surface area contributed by atoms with Crippen molar-refractivity contribution in [2.45, 2.75) is 32.4 Å². The Labute approximate surface area is 97.9 Å². The number of hydrogen-bond donors (Lipinski definition) is 1. The third-order valence-corrected chi connectivity index (χ3v) is 3.31. The molecule has 16 heavy (non-hydrogen) atoms. The molecule has 0 spiro atoms. The van der Waals surface area contributed by atoms with E-state index < -0.39 is 0 Å². The first-order chi connectivity index (χ1) is 7.75. The van der Waals surface area contributed by atoms with Crippen molar-refractivity contribution in [3.63, 3.8) is 0 Å². The van der Waals surface area contributed by atoms with Gasteiger partial charge in [-0.2, -0.15) is 0 Å². The molecule has 1 aliphatic rings. The Morgan fingerprint density at radius 1 is 1.50 bits per heavy atom. The van der Waals surface area contributed by atoms with Crippen LogP contribution in [0, 0.1) is 6.92 Å². The fraction of sp³-hybridized carbons (Fsp3) is 0.615. The average Bonchev–Trinajstić information content (AvgIpc) is 2.65. The van der Waals surface area contributed by atoms with Gasteiger partial charge in [0, 0.05) is 31.5 Å². The first-order valence-electron chi connectivity index (χ1n) is 6.07. The molecule has 0 amide bonds. The largest absolute Gasteiger partial charge is 0.311 e. The van der Waals surface area contributed by atoms with E-state index in [1.165, 1.54) is 30.5 Å². The highest BCUT2D eigenvalue weighted by Gasteiger charge is 2.19. The number of aryl methyl sites for hydroxylation is 1. The molecule has 3 nitrogen and oxygen atoms in total. The van der Waals surface area contributed by atoms with E-state index in [9.17, 15) is 0 Å². The highest BCUT2D eigenvalue weighted by molar-refractivity contribution is 5.16. The van der Waals surface area contributed by atoms with Crippen molar-refractivity contribution in [3.05, 3.63) is 29.6 Å². The van der Waals surface area contributed by atoms with E-state index in [0.717, 1.165) is 19.1 Å². The van der Waals surface area contributed by atoms with Crippen LogP contribution in [0.4, 0.5) is 0 Å². The SMILES string of the molecule is Cc1cncc(CNCC2CCCN2C)c1. The smallest absolute Gasteiger partial charge is 0.0313 e. The second kappa shape index (κ2) is 5.41. The molecule has 1 aromatic rings. The third kappa shape index (κ3) is 3.03. The number of likely N-dealkylation sites (N-methyl/N-ethyl adjacent to an activating group) is 1. The van der Waals surface area contributed by atoms with Gasteiger partial charge in [-0.15, -0.1) is 0 Å². The lowest BCUT2D eigenvalue weighted by Crippen LogP contribution is -2.35. The second-order valence-electron chi connectivity index (χ2n) is 4.78. The standard InChI is InChI=1S/C13H21N3/c1-11-6-12(8-14-7-11)9-15-10-13-4-3-5-16(13)2/h6-8,13,15H,3-5,9-10H2,1-2H3. The summed E-state index contributed by atoms with van der Waals surface area (Å²) in [5, 5.41) is 3.52. The lowest BCUT2D eigenvalue weighted by Gasteiger charge is -2.19. The summed E-state index contributed by atoms with van der Waals surface area (Å²) in [4.78, 5) is 6.65. The molecule has 0 saturated carbocycles. The molecule has 88 valence electrons. The number of hydrogen-bond acceptors (Lipinski definition) is 3. The summed E-state index contributed by atoms with van der Waals surface area (Å²) >= 11 is 0. The number of likely N-dealkylation sites (tertiary alicyclic amines) is 1. The van der Waals surface area contributed by atoms with E-state index >= 15 is 0 Å². The summed E-state index contributed by atoms with van der Waals surface area (Å²) in [5.41, 5.74) is 2.51. The number of nitrogens with one attached hydrogen (secondary N) is 1. The fourth-order valence-corrected chi connectivity index (χ4v) is 2.33. The maximum absolute atomic E-state index is 4.20. The molecule has 0 radical (unpaired) electrons. The molecule has 2 rings (SSSR count). The zero-order chi connectivity index (χ0) is 11.4. The fourth-order valence-electron chi connectivity index (χ4n) is 2.33. The molecule has 2 heterocycles. The van der Waals surface area contributed by atoms with Gasteiger partial charge in [-0.25, -0.2) is 0 Å². The Morgan fingerprint density at radius 2 is 2.38 bits per heavy atom. The van der Waals surface area contributed by atoms with Gasteiger partial charge in [0.25, 0.3) is 0 Å². The van der Waals surface area contributed by atoms with Crippen LogP contribution in [0.15, 0.2) is 18.5 Å². The van der Waals surface area contributed by atoms with Crippen molar-refractivity contribution in [3.8, 4) is 0 Å². The minimum atomic E-state index is 0.720. The quantitative estimate of drug-likeness (QED) is 0.833. The van der Waals surface area contributed by atoms with Crippen LogP contribution in [-0.2, 0) is 6.54 Å². The monoisotopic (exact) mass is 219 g/mol. The first kappa shape index (κ1) is 11.6. The van der Waals surface area contributed by atoms with Crippen LogP contribution < -0.4 is 5.32 Å². The summed E-state index contributed by atoms with van der Waals surface area (Å²) in [6.07, 6.45) is 6.51. The molecule has 1 aliphatic heterocycles. The summed E-state index contributed by atoms with van der Waals surface area (Å²) in [5.74, 6) is 0. The molecule has 1 fully saturated rings. The Balaban J connectivity index is 1.75. The Kier molecular flexibility index (Phi) is 3.91. The van der Waals surface area contributed by atoms with Gasteiger partial charge in [0.05, 0.1) is 0 Å². The van der Waals surface area contributed by atoms with Gasteiger partial charge in [0.2, 0.25) is 0 Å². The van der Waals surface area contributed by atoms with Crippen LogP contribution in [0.5, 0.6) is 0 Å². The zero-order valence-corrected chi connectivity index (χ0v) is 10.2. The molecule has 1 aromatic heterocycles. The minimum Gasteiger partial charge on any atom is -0.311 e. The van der Waals surface area contributed by atoms with Gasteiger partial charge in [-0.3, -0.25) is 4.98 Å². The molecule has 3 heteroatoms. The topological polar surface area (TPSA) is 28.2 Å². The van der Waals surface area contributed by atoms with Crippen LogP contribution in [0.3, 0.4) is 0 Å². The van der Waals surface area contributed by atoms with Crippen molar-refractivity contribution in [2.75, 3.05) is 20.1 Å². The minimum absolute atomic E-state index is 0.720. The predicted molar refractivity (Wildman–Crippen MR) is 66.3 cm³/mol. The lowest BCUT2D eigenvalue weighted by molar-refractivity contribution is 0.300. The Morgan fingerprint density at radius 3 is 3.06 bits per heavy atom. The van der Waals surface area contributed by atoms with Crippen molar-refractivity contribution in [2.24, 2.45) is 0 Å². The maximum Gasteiger partial charge on any atom is 0.0313 e. The molecule has 0 bridgehead atoms. The van der Waals surface area contributed by atoms with Crippen molar-refractivity contribution >= 4 is 0 Å². The van der Waals surface area contributed by atoms with E-state index in [4.69, 9.17) is 0 Å². The van der Waals surface area contributed by atoms with Crippen molar-refractivity contribution < 1.29 is 0 Å². The van der Waals surface area contributed by atoms with E-state index in [1.807, 2.05) is 12.4 Å². The first-order valence-corrected chi connectivity index (χ1v) is 6.07. The van der Waals surface area contributed by atoms with Gasteiger partial charge in [-0.05, 0) is 44.5 Å². The van der Waals surface area contributed by atoms with E-state index in [1.54, 1.807) is 0 Å². The number of nitrogens with zero attached hydrogens (tertiary/aromatic N) is 2. The van der Waals surface area contributed by atoms with Crippen LogP contribution in [0.1, 0.15) is 24.0 Å². The van der Waals surface area contributed by atoms with Crippen LogP contribution in [0.25, 0.3) is 0 Å². The van der Waals surface area contributed by atoms with Gasteiger partial charge in [-0.1, -0.05) is 6.07 Å². The summed E-state index contributed by atoms with van der Waals surface area (Å²) in [6, 6.07) is 2.91. The van der Waals surface area contributed by atoms with Crippen LogP contribution in [0.2, 0.25) is 0 Å². The Bertz CT molecular complexity index is 338. The number of aromatic nitrogens is 1. The normalized spacial score (nSPS) is 21.5. The molecular weight excluding hydrogens is 198 g/mol. The highest BCUT2D eigenvalue weighted by Crippen LogP contribution is 2.13. The molecule has 0 aliphatic carbocycles. The molecule has 1 unspecified atom stereocenters. The van der Waals surface area contributed by atoms with E-state index in [0.29, 0.717) is 0 Å². The van der Waals surface area contributed by atoms with Crippen molar-refractivity contribution in [1.82, 2.24) is 15.2 Å². The molecule has 1 atom stereocenters. The number of rotatable bonds is 4. The summed E-state index contributed by atoms with van der Waals surface area (Å²) < 4.78 is 0. The molecule has 1 saturated heterocycles. The van der Waals surface area contributed by atoms with Gasteiger partial charge < -0.3 is 10.2 Å². The van der Waals surface area contributed by atoms with E-state index in [2.05, 4.69) is 35.2 Å².